The molecule has 0 heterocycles. The van der Waals surface area contributed by atoms with Gasteiger partial charge < -0.3 is 9.08 Å². The van der Waals surface area contributed by atoms with Crippen molar-refractivity contribution >= 4 is 16.0 Å². The van der Waals surface area contributed by atoms with Crippen LogP contribution in [0.2, 0.25) is 0 Å². The summed E-state index contributed by atoms with van der Waals surface area (Å²) in [5.74, 6) is 0.0402. The summed E-state index contributed by atoms with van der Waals surface area (Å²) in [6.45, 7) is 6.39. The van der Waals surface area contributed by atoms with Gasteiger partial charge in [-0.1, -0.05) is 50.8 Å². The fraction of sp³-hybridized carbons (Fsp3) is 0.480. The van der Waals surface area contributed by atoms with Crippen molar-refractivity contribution in [1.82, 2.24) is 4.90 Å². The van der Waals surface area contributed by atoms with Gasteiger partial charge in [-0.2, -0.15) is 21.6 Å². The van der Waals surface area contributed by atoms with Gasteiger partial charge in [-0.25, -0.2) is 0 Å². The fourth-order valence-corrected chi connectivity index (χ4v) is 4.41. The molecule has 0 atom stereocenters. The van der Waals surface area contributed by atoms with E-state index in [1.807, 2.05) is 13.8 Å². The van der Waals surface area contributed by atoms with Crippen LogP contribution in [0.4, 0.5) is 13.2 Å². The molecule has 34 heavy (non-hydrogen) atoms. The molecular formula is C25H32F3NO4S. The molecule has 0 saturated carbocycles. The minimum atomic E-state index is -4.66. The third-order valence-electron chi connectivity index (χ3n) is 5.37. The third-order valence-corrected chi connectivity index (χ3v) is 6.61. The molecule has 0 N–H and O–H groups in total. The van der Waals surface area contributed by atoms with Crippen molar-refractivity contribution < 1.29 is 30.6 Å². The standard InChI is InChI=1S/C25H32F3NO4S/c1-4-5-6-7-8-12-24(30)29(19(2)3)18-20-13-15-22(16-14-20)33-34(31,32)23-11-9-10-21(17-23)25(26,27)28/h9-11,13-17,19H,4-8,12,18H2,1-3H3. The Morgan fingerprint density at radius 1 is 1.00 bits per heavy atom. The van der Waals surface area contributed by atoms with E-state index in [9.17, 15) is 26.4 Å². The topological polar surface area (TPSA) is 63.7 Å². The number of carbonyl (C=O) groups excluding carboxylic acids is 1. The minimum Gasteiger partial charge on any atom is -0.379 e. The van der Waals surface area contributed by atoms with Crippen LogP contribution in [0, 0.1) is 0 Å². The van der Waals surface area contributed by atoms with Gasteiger partial charge in [-0.3, -0.25) is 4.79 Å². The Balaban J connectivity index is 2.04. The van der Waals surface area contributed by atoms with E-state index in [0.717, 1.165) is 49.4 Å². The number of rotatable bonds is 12. The highest BCUT2D eigenvalue weighted by Crippen LogP contribution is 2.31. The first-order valence-electron chi connectivity index (χ1n) is 11.4. The zero-order chi connectivity index (χ0) is 25.4. The summed E-state index contributed by atoms with van der Waals surface area (Å²) < 4.78 is 68.6. The lowest BCUT2D eigenvalue weighted by Gasteiger charge is -2.27. The number of hydrogen-bond donors (Lipinski definition) is 0. The SMILES string of the molecule is CCCCCCCC(=O)N(Cc1ccc(OS(=O)(=O)c2cccc(C(F)(F)F)c2)cc1)C(C)C. The Kier molecular flexibility index (Phi) is 9.97. The maximum Gasteiger partial charge on any atom is 0.416 e. The molecule has 9 heteroatoms. The van der Waals surface area contributed by atoms with Crippen LogP contribution in [-0.4, -0.2) is 25.3 Å². The third kappa shape index (κ3) is 8.34. The number of halogens is 3. The molecule has 0 aliphatic heterocycles. The van der Waals surface area contributed by atoms with Gasteiger partial charge in [0.25, 0.3) is 0 Å². The molecule has 0 aromatic heterocycles. The predicted molar refractivity (Wildman–Crippen MR) is 125 cm³/mol. The van der Waals surface area contributed by atoms with Crippen molar-refractivity contribution in [2.45, 2.75) is 83.0 Å². The van der Waals surface area contributed by atoms with Crippen LogP contribution in [-0.2, 0) is 27.6 Å². The van der Waals surface area contributed by atoms with E-state index in [4.69, 9.17) is 4.18 Å². The summed E-state index contributed by atoms with van der Waals surface area (Å²) >= 11 is 0. The van der Waals surface area contributed by atoms with Crippen molar-refractivity contribution in [2.75, 3.05) is 0 Å². The van der Waals surface area contributed by atoms with Gasteiger partial charge in [0.2, 0.25) is 5.91 Å². The van der Waals surface area contributed by atoms with Crippen molar-refractivity contribution in [3.8, 4) is 5.75 Å². The fourth-order valence-electron chi connectivity index (χ4n) is 3.43. The average molecular weight is 500 g/mol. The number of carbonyl (C=O) groups is 1. The van der Waals surface area contributed by atoms with Crippen LogP contribution in [0.3, 0.4) is 0 Å². The van der Waals surface area contributed by atoms with E-state index in [1.54, 1.807) is 17.0 Å². The van der Waals surface area contributed by atoms with E-state index in [0.29, 0.717) is 19.0 Å². The van der Waals surface area contributed by atoms with E-state index in [2.05, 4.69) is 6.92 Å². The Labute approximate surface area is 200 Å². The van der Waals surface area contributed by atoms with E-state index in [-0.39, 0.29) is 17.7 Å². The number of nitrogens with zero attached hydrogens (tertiary/aromatic N) is 1. The molecule has 1 amide bonds. The molecule has 0 spiro atoms. The number of unbranched alkanes of at least 4 members (excludes halogenated alkanes) is 4. The normalized spacial score (nSPS) is 12.1. The number of hydrogen-bond acceptors (Lipinski definition) is 4. The second kappa shape index (κ2) is 12.2. The van der Waals surface area contributed by atoms with Crippen molar-refractivity contribution in [3.05, 3.63) is 59.7 Å². The van der Waals surface area contributed by atoms with Crippen molar-refractivity contribution in [1.29, 1.82) is 0 Å². The van der Waals surface area contributed by atoms with Crippen molar-refractivity contribution in [3.63, 3.8) is 0 Å². The smallest absolute Gasteiger partial charge is 0.379 e. The van der Waals surface area contributed by atoms with Gasteiger partial charge >= 0.3 is 16.3 Å². The molecule has 2 aromatic carbocycles. The quantitative estimate of drug-likeness (QED) is 0.245. The zero-order valence-electron chi connectivity index (χ0n) is 19.8. The van der Waals surface area contributed by atoms with Gasteiger partial charge in [-0.05, 0) is 56.2 Å². The Bertz CT molecular complexity index is 1030. The number of alkyl halides is 3. The van der Waals surface area contributed by atoms with Crippen LogP contribution in [0.25, 0.3) is 0 Å². The summed E-state index contributed by atoms with van der Waals surface area (Å²) in [4.78, 5) is 13.9. The molecule has 2 rings (SSSR count). The maximum atomic E-state index is 12.9. The second-order valence-corrected chi connectivity index (χ2v) is 10.0. The number of benzene rings is 2. The second-order valence-electron chi connectivity index (χ2n) is 8.49. The zero-order valence-corrected chi connectivity index (χ0v) is 20.6. The Hall–Kier alpha value is -2.55. The highest BCUT2D eigenvalue weighted by Gasteiger charge is 2.32. The van der Waals surface area contributed by atoms with E-state index >= 15 is 0 Å². The van der Waals surface area contributed by atoms with Gasteiger partial charge in [0, 0.05) is 19.0 Å². The molecule has 0 aliphatic rings. The average Bonchev–Trinajstić information content (AvgIpc) is 2.77. The lowest BCUT2D eigenvalue weighted by Crippen LogP contribution is -2.36. The molecule has 0 saturated heterocycles. The molecule has 5 nitrogen and oxygen atoms in total. The van der Waals surface area contributed by atoms with E-state index < -0.39 is 26.8 Å². The first kappa shape index (κ1) is 27.7. The van der Waals surface area contributed by atoms with Crippen LogP contribution in [0.15, 0.2) is 53.4 Å². The molecule has 0 bridgehead atoms. The van der Waals surface area contributed by atoms with Gasteiger partial charge in [0.05, 0.1) is 5.56 Å². The molecule has 0 fully saturated rings. The van der Waals surface area contributed by atoms with Crippen LogP contribution >= 0.6 is 0 Å². The minimum absolute atomic E-state index is 0.000329. The van der Waals surface area contributed by atoms with E-state index in [1.165, 1.54) is 18.6 Å². The first-order valence-corrected chi connectivity index (χ1v) is 12.8. The molecule has 188 valence electrons. The summed E-state index contributed by atoms with van der Waals surface area (Å²) in [5.41, 5.74) is -0.284. The number of amides is 1. The van der Waals surface area contributed by atoms with Gasteiger partial charge in [0.1, 0.15) is 10.6 Å². The van der Waals surface area contributed by atoms with Crippen LogP contribution in [0.5, 0.6) is 5.75 Å². The Morgan fingerprint density at radius 2 is 1.65 bits per heavy atom. The Morgan fingerprint density at radius 3 is 2.24 bits per heavy atom. The summed E-state index contributed by atoms with van der Waals surface area (Å²) in [6.07, 6.45) is 1.13. The predicted octanol–water partition coefficient (Wildman–Crippen LogP) is 6.57. The lowest BCUT2D eigenvalue weighted by atomic mass is 10.1. The molecule has 0 radical (unpaired) electrons. The van der Waals surface area contributed by atoms with Crippen LogP contribution < -0.4 is 4.18 Å². The highest BCUT2D eigenvalue weighted by atomic mass is 32.2. The summed E-state index contributed by atoms with van der Waals surface area (Å²) in [5, 5.41) is 0. The van der Waals surface area contributed by atoms with Crippen LogP contribution in [0.1, 0.15) is 70.4 Å². The van der Waals surface area contributed by atoms with Crippen molar-refractivity contribution in [2.24, 2.45) is 0 Å². The molecule has 2 aromatic rings. The van der Waals surface area contributed by atoms with Gasteiger partial charge in [-0.15, -0.1) is 0 Å². The molecule has 0 aliphatic carbocycles. The highest BCUT2D eigenvalue weighted by molar-refractivity contribution is 7.87. The monoisotopic (exact) mass is 499 g/mol. The largest absolute Gasteiger partial charge is 0.416 e. The molecule has 0 unspecified atom stereocenters. The lowest BCUT2D eigenvalue weighted by molar-refractivity contribution is -0.137. The summed E-state index contributed by atoms with van der Waals surface area (Å²) in [7, 11) is -4.44. The van der Waals surface area contributed by atoms with Gasteiger partial charge in [0.15, 0.2) is 0 Å². The maximum absolute atomic E-state index is 12.9. The molecular weight excluding hydrogens is 467 g/mol. The first-order chi connectivity index (χ1) is 15.9. The summed E-state index contributed by atoms with van der Waals surface area (Å²) in [6, 6.07) is 9.53.